The van der Waals surface area contributed by atoms with E-state index in [2.05, 4.69) is 9.79 Å². The van der Waals surface area contributed by atoms with Gasteiger partial charge in [0.1, 0.15) is 0 Å². The summed E-state index contributed by atoms with van der Waals surface area (Å²) in [7, 11) is 0. The predicted octanol–water partition coefficient (Wildman–Crippen LogP) is 1.20. The number of anilines is 1. The second-order valence-corrected chi connectivity index (χ2v) is 3.92. The third-order valence-corrected chi connectivity index (χ3v) is 2.90. The van der Waals surface area contributed by atoms with Gasteiger partial charge in [-0.15, -0.1) is 0 Å². The number of hydrogen-bond donors (Lipinski definition) is 0. The molecule has 0 bridgehead atoms. The van der Waals surface area contributed by atoms with Crippen molar-refractivity contribution < 1.29 is 13.9 Å². The molecular weight excluding hydrogens is 213 g/mol. The molecule has 84 valence electrons. The number of aromatic nitrogens is 2. The SMILES string of the molecule is [O-][n+]1onc2cc(N3CCCC3)c(F)cc21. The number of nitrogens with zero attached hydrogens (tertiary/aromatic N) is 3. The minimum atomic E-state index is -0.401. The summed E-state index contributed by atoms with van der Waals surface area (Å²) in [6.07, 6.45) is 2.13. The zero-order valence-corrected chi connectivity index (χ0v) is 8.52. The molecule has 0 amide bonds. The molecule has 0 saturated carbocycles. The molecule has 1 fully saturated rings. The summed E-state index contributed by atoms with van der Waals surface area (Å²) in [5.41, 5.74) is 1.01. The van der Waals surface area contributed by atoms with Crippen LogP contribution in [0.15, 0.2) is 16.8 Å². The van der Waals surface area contributed by atoms with Gasteiger partial charge in [0, 0.05) is 30.4 Å². The second-order valence-electron chi connectivity index (χ2n) is 3.92. The van der Waals surface area contributed by atoms with Crippen LogP contribution in [-0.2, 0) is 0 Å². The fourth-order valence-corrected chi connectivity index (χ4v) is 2.09. The molecule has 0 aliphatic carbocycles. The molecule has 0 radical (unpaired) electrons. The average molecular weight is 223 g/mol. The number of hydrogen-bond acceptors (Lipinski definition) is 4. The Kier molecular flexibility index (Phi) is 1.95. The quantitative estimate of drug-likeness (QED) is 0.681. The smallest absolute Gasteiger partial charge is 0.250 e. The van der Waals surface area contributed by atoms with Gasteiger partial charge in [0.15, 0.2) is 5.82 Å². The molecular formula is C10H10FN3O2. The number of halogens is 1. The van der Waals surface area contributed by atoms with Gasteiger partial charge in [0.05, 0.1) is 5.69 Å². The van der Waals surface area contributed by atoms with E-state index in [9.17, 15) is 9.60 Å². The van der Waals surface area contributed by atoms with Crippen molar-refractivity contribution in [3.63, 3.8) is 0 Å². The van der Waals surface area contributed by atoms with Gasteiger partial charge in [-0.25, -0.2) is 4.39 Å². The topological polar surface area (TPSA) is 56.2 Å². The monoisotopic (exact) mass is 223 g/mol. The fourth-order valence-electron chi connectivity index (χ4n) is 2.09. The molecule has 5 nitrogen and oxygen atoms in total. The molecule has 6 heteroatoms. The highest BCUT2D eigenvalue weighted by Gasteiger charge is 2.20. The van der Waals surface area contributed by atoms with E-state index in [1.54, 1.807) is 6.07 Å². The van der Waals surface area contributed by atoms with E-state index in [4.69, 9.17) is 0 Å². The lowest BCUT2D eigenvalue weighted by molar-refractivity contribution is -0.782. The minimum absolute atomic E-state index is 0.125. The maximum atomic E-state index is 13.8. The normalized spacial score (nSPS) is 16.2. The van der Waals surface area contributed by atoms with Crippen molar-refractivity contribution >= 4 is 16.7 Å². The lowest BCUT2D eigenvalue weighted by Gasteiger charge is -2.17. The Morgan fingerprint density at radius 1 is 1.38 bits per heavy atom. The maximum absolute atomic E-state index is 13.8. The van der Waals surface area contributed by atoms with Crippen molar-refractivity contribution in [1.82, 2.24) is 5.16 Å². The Bertz CT molecular complexity index is 534. The molecule has 16 heavy (non-hydrogen) atoms. The summed E-state index contributed by atoms with van der Waals surface area (Å²) in [4.78, 5) is 2.17. The summed E-state index contributed by atoms with van der Waals surface area (Å²) >= 11 is 0. The van der Waals surface area contributed by atoms with Crippen LogP contribution in [-0.4, -0.2) is 18.2 Å². The van der Waals surface area contributed by atoms with Gasteiger partial charge in [-0.1, -0.05) is 0 Å². The Morgan fingerprint density at radius 2 is 2.12 bits per heavy atom. The number of fused-ring (bicyclic) bond motifs is 1. The predicted molar refractivity (Wildman–Crippen MR) is 54.4 cm³/mol. The Labute approximate surface area is 90.6 Å². The Hall–Kier alpha value is -1.85. The lowest BCUT2D eigenvalue weighted by Crippen LogP contribution is -2.23. The van der Waals surface area contributed by atoms with E-state index in [1.165, 1.54) is 6.07 Å². The minimum Gasteiger partial charge on any atom is -0.369 e. The van der Waals surface area contributed by atoms with Crippen LogP contribution in [0.1, 0.15) is 12.8 Å². The van der Waals surface area contributed by atoms with E-state index >= 15 is 0 Å². The third-order valence-electron chi connectivity index (χ3n) is 2.90. The summed E-state index contributed by atoms with van der Waals surface area (Å²) in [6.45, 7) is 1.69. The number of rotatable bonds is 1. The first kappa shape index (κ1) is 9.38. The van der Waals surface area contributed by atoms with Crippen LogP contribution in [0.2, 0.25) is 0 Å². The first-order chi connectivity index (χ1) is 7.75. The van der Waals surface area contributed by atoms with E-state index < -0.39 is 5.82 Å². The van der Waals surface area contributed by atoms with Gasteiger partial charge in [0.25, 0.3) is 5.52 Å². The van der Waals surface area contributed by atoms with Crippen LogP contribution >= 0.6 is 0 Å². The van der Waals surface area contributed by atoms with Crippen molar-refractivity contribution in [2.24, 2.45) is 0 Å². The molecule has 0 N–H and O–H groups in total. The zero-order valence-electron chi connectivity index (χ0n) is 8.52. The van der Waals surface area contributed by atoms with Crippen LogP contribution in [0, 0.1) is 11.0 Å². The molecule has 1 saturated heterocycles. The van der Waals surface area contributed by atoms with Crippen LogP contribution in [0.4, 0.5) is 10.1 Å². The highest BCUT2D eigenvalue weighted by molar-refractivity contribution is 5.76. The van der Waals surface area contributed by atoms with Crippen LogP contribution in [0.5, 0.6) is 0 Å². The Morgan fingerprint density at radius 3 is 2.88 bits per heavy atom. The van der Waals surface area contributed by atoms with Gasteiger partial charge in [-0.3, -0.25) is 4.63 Å². The summed E-state index contributed by atoms with van der Waals surface area (Å²) in [5, 5.41) is 14.6. The highest BCUT2D eigenvalue weighted by Crippen LogP contribution is 2.26. The molecule has 2 heterocycles. The molecule has 1 aromatic carbocycles. The second kappa shape index (κ2) is 3.33. The van der Waals surface area contributed by atoms with Crippen molar-refractivity contribution in [2.45, 2.75) is 12.8 Å². The summed E-state index contributed by atoms with van der Waals surface area (Å²) in [5.74, 6) is -0.401. The van der Waals surface area contributed by atoms with E-state index in [1.807, 2.05) is 4.90 Å². The third kappa shape index (κ3) is 1.30. The van der Waals surface area contributed by atoms with Crippen molar-refractivity contribution in [3.05, 3.63) is 23.2 Å². The van der Waals surface area contributed by atoms with Gasteiger partial charge < -0.3 is 10.1 Å². The average Bonchev–Trinajstić information content (AvgIpc) is 2.89. The van der Waals surface area contributed by atoms with Gasteiger partial charge in [-0.05, 0) is 17.7 Å². The highest BCUT2D eigenvalue weighted by atomic mass is 19.1. The standard InChI is InChI=1S/C10H10FN3O2/c11-7-5-10-8(12-16-14(10)15)6-9(7)13-3-1-2-4-13/h5-6H,1-4H2. The van der Waals surface area contributed by atoms with Gasteiger partial charge in [0.2, 0.25) is 5.52 Å². The molecule has 0 spiro atoms. The summed E-state index contributed by atoms with van der Waals surface area (Å²) in [6, 6.07) is 2.74. The van der Waals surface area contributed by atoms with Crippen LogP contribution < -0.4 is 9.80 Å². The maximum Gasteiger partial charge on any atom is 0.250 e. The van der Waals surface area contributed by atoms with Gasteiger partial charge >= 0.3 is 0 Å². The fraction of sp³-hybridized carbons (Fsp3) is 0.400. The molecule has 2 aromatic rings. The Balaban J connectivity index is 2.14. The summed E-state index contributed by atoms with van der Waals surface area (Å²) < 4.78 is 18.2. The van der Waals surface area contributed by atoms with E-state index in [-0.39, 0.29) is 10.4 Å². The first-order valence-corrected chi connectivity index (χ1v) is 5.19. The van der Waals surface area contributed by atoms with E-state index in [0.717, 1.165) is 25.9 Å². The van der Waals surface area contributed by atoms with Crippen molar-refractivity contribution in [1.29, 1.82) is 0 Å². The van der Waals surface area contributed by atoms with Crippen LogP contribution in [0.25, 0.3) is 11.0 Å². The molecule has 1 aliphatic rings. The van der Waals surface area contributed by atoms with E-state index in [0.29, 0.717) is 11.2 Å². The number of benzene rings is 1. The lowest BCUT2D eigenvalue weighted by atomic mass is 10.2. The molecule has 1 aliphatic heterocycles. The zero-order chi connectivity index (χ0) is 11.1. The molecule has 3 rings (SSSR count). The van der Waals surface area contributed by atoms with Gasteiger partial charge in [-0.2, -0.15) is 0 Å². The van der Waals surface area contributed by atoms with Crippen LogP contribution in [0.3, 0.4) is 0 Å². The largest absolute Gasteiger partial charge is 0.369 e. The van der Waals surface area contributed by atoms with Crippen molar-refractivity contribution in [2.75, 3.05) is 18.0 Å². The van der Waals surface area contributed by atoms with Crippen molar-refractivity contribution in [3.8, 4) is 0 Å². The molecule has 0 unspecified atom stereocenters. The molecule has 0 atom stereocenters. The molecule has 1 aromatic heterocycles. The first-order valence-electron chi connectivity index (χ1n) is 5.19.